The van der Waals surface area contributed by atoms with Gasteiger partial charge in [0.1, 0.15) is 10.9 Å². The fourth-order valence-corrected chi connectivity index (χ4v) is 4.64. The Kier molecular flexibility index (Phi) is 5.73. The van der Waals surface area contributed by atoms with Crippen LogP contribution in [-0.4, -0.2) is 40.4 Å². The summed E-state index contributed by atoms with van der Waals surface area (Å²) < 4.78 is 0. The number of nitrogens with one attached hydrogen (secondary N) is 1. The Balaban J connectivity index is 1.69. The third-order valence-electron chi connectivity index (χ3n) is 4.34. The first-order valence-corrected chi connectivity index (χ1v) is 10.2. The van der Waals surface area contributed by atoms with Crippen LogP contribution in [0.1, 0.15) is 49.5 Å². The van der Waals surface area contributed by atoms with Gasteiger partial charge in [0.25, 0.3) is 5.91 Å². The molecule has 138 valence electrons. The van der Waals surface area contributed by atoms with Crippen LogP contribution in [0.2, 0.25) is 0 Å². The number of nitrogens with zero attached hydrogens (tertiary/aromatic N) is 1. The van der Waals surface area contributed by atoms with E-state index < -0.39 is 17.9 Å². The van der Waals surface area contributed by atoms with E-state index in [-0.39, 0.29) is 10.8 Å². The molecule has 8 heteroatoms. The van der Waals surface area contributed by atoms with Crippen LogP contribution >= 0.6 is 22.7 Å². The van der Waals surface area contributed by atoms with Crippen molar-refractivity contribution in [3.05, 3.63) is 43.8 Å². The summed E-state index contributed by atoms with van der Waals surface area (Å²) in [4.78, 5) is 39.9. The molecule has 1 aliphatic rings. The van der Waals surface area contributed by atoms with Gasteiger partial charge in [0.2, 0.25) is 5.91 Å². The van der Waals surface area contributed by atoms with Crippen molar-refractivity contribution in [2.24, 2.45) is 0 Å². The van der Waals surface area contributed by atoms with Crippen molar-refractivity contribution in [2.75, 3.05) is 6.54 Å². The Morgan fingerprint density at radius 3 is 2.73 bits per heavy atom. The van der Waals surface area contributed by atoms with E-state index in [2.05, 4.69) is 5.32 Å². The summed E-state index contributed by atoms with van der Waals surface area (Å²) in [5.74, 6) is -1.54. The summed E-state index contributed by atoms with van der Waals surface area (Å²) in [6.07, 6.45) is 2.16. The number of rotatable bonds is 6. The van der Waals surface area contributed by atoms with Gasteiger partial charge in [-0.25, -0.2) is 4.79 Å². The van der Waals surface area contributed by atoms with E-state index in [1.165, 1.54) is 22.6 Å². The fourth-order valence-electron chi connectivity index (χ4n) is 3.01. The molecule has 3 heterocycles. The molecular weight excluding hydrogens is 372 g/mol. The second-order valence-corrected chi connectivity index (χ2v) is 8.25. The van der Waals surface area contributed by atoms with Gasteiger partial charge < -0.3 is 15.3 Å². The van der Waals surface area contributed by atoms with Crippen LogP contribution in [0.4, 0.5) is 0 Å². The molecule has 0 aliphatic carbocycles. The molecular formula is C18H20N2O4S2. The van der Waals surface area contributed by atoms with Gasteiger partial charge in [-0.15, -0.1) is 22.7 Å². The zero-order chi connectivity index (χ0) is 18.7. The minimum Gasteiger partial charge on any atom is -0.477 e. The molecule has 0 aromatic carbocycles. The normalized spacial score (nSPS) is 14.6. The highest BCUT2D eigenvalue weighted by Crippen LogP contribution is 2.25. The van der Waals surface area contributed by atoms with E-state index in [9.17, 15) is 14.4 Å². The smallest absolute Gasteiger partial charge is 0.345 e. The van der Waals surface area contributed by atoms with E-state index in [0.717, 1.165) is 24.2 Å². The number of hydrogen-bond donors (Lipinski definition) is 2. The second-order valence-electron chi connectivity index (χ2n) is 6.16. The quantitative estimate of drug-likeness (QED) is 0.791. The lowest BCUT2D eigenvalue weighted by Gasteiger charge is -2.30. The number of carbonyl (C=O) groups is 3. The Morgan fingerprint density at radius 2 is 2.04 bits per heavy atom. The first-order valence-electron chi connectivity index (χ1n) is 8.47. The van der Waals surface area contributed by atoms with Gasteiger partial charge in [-0.1, -0.05) is 13.3 Å². The van der Waals surface area contributed by atoms with Gasteiger partial charge in [-0.2, -0.15) is 0 Å². The monoisotopic (exact) mass is 392 g/mol. The first kappa shape index (κ1) is 18.6. The van der Waals surface area contributed by atoms with Gasteiger partial charge in [0.15, 0.2) is 0 Å². The van der Waals surface area contributed by atoms with Crippen LogP contribution in [-0.2, 0) is 17.8 Å². The molecule has 1 unspecified atom stereocenters. The highest BCUT2D eigenvalue weighted by molar-refractivity contribution is 7.15. The minimum atomic E-state index is -1.06. The maximum Gasteiger partial charge on any atom is 0.345 e. The molecule has 1 atom stereocenters. The Bertz CT molecular complexity index is 827. The minimum absolute atomic E-state index is 0.0768. The summed E-state index contributed by atoms with van der Waals surface area (Å²) in [7, 11) is 0. The van der Waals surface area contributed by atoms with Crippen LogP contribution in [0.3, 0.4) is 0 Å². The van der Waals surface area contributed by atoms with Crippen molar-refractivity contribution in [3.63, 3.8) is 0 Å². The average Bonchev–Trinajstić information content (AvgIpc) is 3.29. The summed E-state index contributed by atoms with van der Waals surface area (Å²) in [5.41, 5.74) is 1.18. The molecule has 0 saturated carbocycles. The lowest BCUT2D eigenvalue weighted by Crippen LogP contribution is -2.49. The Labute approximate surface area is 159 Å². The van der Waals surface area contributed by atoms with E-state index in [0.29, 0.717) is 24.4 Å². The molecule has 1 aliphatic heterocycles. The first-order chi connectivity index (χ1) is 12.5. The molecule has 2 aromatic rings. The maximum absolute atomic E-state index is 12.9. The van der Waals surface area contributed by atoms with Gasteiger partial charge in [0.05, 0.1) is 4.88 Å². The van der Waals surface area contributed by atoms with Crippen molar-refractivity contribution >= 4 is 40.5 Å². The van der Waals surface area contributed by atoms with E-state index in [1.807, 2.05) is 18.4 Å². The highest BCUT2D eigenvalue weighted by atomic mass is 32.1. The third kappa shape index (κ3) is 3.96. The van der Waals surface area contributed by atoms with E-state index in [4.69, 9.17) is 5.11 Å². The molecule has 2 amide bonds. The number of fused-ring (bicyclic) bond motifs is 1. The number of thiophene rings is 2. The summed E-state index contributed by atoms with van der Waals surface area (Å²) in [5, 5.41) is 13.8. The Morgan fingerprint density at radius 1 is 1.27 bits per heavy atom. The Hall–Kier alpha value is -2.19. The molecule has 0 radical (unpaired) electrons. The van der Waals surface area contributed by atoms with Crippen LogP contribution in [0.25, 0.3) is 0 Å². The molecule has 26 heavy (non-hydrogen) atoms. The molecule has 0 bridgehead atoms. The molecule has 0 spiro atoms. The van der Waals surface area contributed by atoms with Crippen LogP contribution in [0, 0.1) is 0 Å². The van der Waals surface area contributed by atoms with Crippen LogP contribution in [0.15, 0.2) is 23.6 Å². The SMILES string of the molecule is CCCC(NC(=O)c1ccc(C(=O)O)s1)C(=O)N1CCc2sccc2C1. The summed E-state index contributed by atoms with van der Waals surface area (Å²) in [6.45, 7) is 3.20. The zero-order valence-electron chi connectivity index (χ0n) is 14.4. The predicted molar refractivity (Wildman–Crippen MR) is 101 cm³/mol. The largest absolute Gasteiger partial charge is 0.477 e. The van der Waals surface area contributed by atoms with Gasteiger partial charge in [-0.05, 0) is 42.0 Å². The lowest BCUT2D eigenvalue weighted by molar-refractivity contribution is -0.134. The van der Waals surface area contributed by atoms with Gasteiger partial charge >= 0.3 is 5.97 Å². The van der Waals surface area contributed by atoms with Gasteiger partial charge in [-0.3, -0.25) is 9.59 Å². The average molecular weight is 393 g/mol. The molecule has 2 aromatic heterocycles. The van der Waals surface area contributed by atoms with E-state index in [1.54, 1.807) is 16.2 Å². The van der Waals surface area contributed by atoms with Crippen molar-refractivity contribution in [1.82, 2.24) is 10.2 Å². The number of carboxylic acids is 1. The molecule has 0 saturated heterocycles. The van der Waals surface area contributed by atoms with Crippen molar-refractivity contribution in [3.8, 4) is 0 Å². The highest BCUT2D eigenvalue weighted by Gasteiger charge is 2.29. The maximum atomic E-state index is 12.9. The lowest BCUT2D eigenvalue weighted by atomic mass is 10.1. The number of amides is 2. The third-order valence-corrected chi connectivity index (χ3v) is 6.44. The standard InChI is InChI=1S/C18H20N2O4S2/c1-2-3-12(19-16(21)14-4-5-15(26-14)18(23)24)17(22)20-8-6-13-11(10-20)7-9-25-13/h4-5,7,9,12H,2-3,6,8,10H2,1H3,(H,19,21)(H,23,24). The van der Waals surface area contributed by atoms with Crippen LogP contribution < -0.4 is 5.32 Å². The summed E-state index contributed by atoms with van der Waals surface area (Å²) >= 11 is 2.63. The number of hydrogen-bond acceptors (Lipinski definition) is 5. The van der Waals surface area contributed by atoms with Crippen molar-refractivity contribution in [1.29, 1.82) is 0 Å². The van der Waals surface area contributed by atoms with Crippen LogP contribution in [0.5, 0.6) is 0 Å². The molecule has 0 fully saturated rings. The zero-order valence-corrected chi connectivity index (χ0v) is 16.0. The summed E-state index contributed by atoms with van der Waals surface area (Å²) in [6, 6.07) is 4.34. The topological polar surface area (TPSA) is 86.7 Å². The van der Waals surface area contributed by atoms with Crippen molar-refractivity contribution in [2.45, 2.75) is 38.8 Å². The fraction of sp³-hybridized carbons (Fsp3) is 0.389. The number of carbonyl (C=O) groups excluding carboxylic acids is 2. The van der Waals surface area contributed by atoms with Crippen molar-refractivity contribution < 1.29 is 19.5 Å². The molecule has 6 nitrogen and oxygen atoms in total. The van der Waals surface area contributed by atoms with E-state index >= 15 is 0 Å². The van der Waals surface area contributed by atoms with Gasteiger partial charge in [0, 0.05) is 18.0 Å². The predicted octanol–water partition coefficient (Wildman–Crippen LogP) is 2.99. The number of carboxylic acid groups (broad SMARTS) is 1. The molecule has 3 rings (SSSR count). The number of aromatic carboxylic acids is 1. The molecule has 2 N–H and O–H groups in total. The second kappa shape index (κ2) is 8.01.